The first-order valence-electron chi connectivity index (χ1n) is 6.30. The van der Waals surface area contributed by atoms with Crippen LogP contribution in [0.4, 0.5) is 0 Å². The average Bonchev–Trinajstić information content (AvgIpc) is 2.33. The minimum absolute atomic E-state index is 0.0198. The maximum atomic E-state index is 12.2. The summed E-state index contributed by atoms with van der Waals surface area (Å²) in [6.45, 7) is 3.38. The molecule has 0 unspecified atom stereocenters. The third-order valence-corrected chi connectivity index (χ3v) is 3.29. The molecule has 1 aromatic carbocycles. The Labute approximate surface area is 117 Å². The number of benzene rings is 1. The van der Waals surface area contributed by atoms with Crippen molar-refractivity contribution in [2.45, 2.75) is 19.9 Å². The first-order valence-corrected chi connectivity index (χ1v) is 6.68. The Morgan fingerprint density at radius 1 is 1.37 bits per heavy atom. The minimum atomic E-state index is -0.0198. The fraction of sp³-hybridized carbons (Fsp3) is 0.429. The maximum absolute atomic E-state index is 12.2. The molecule has 102 valence electrons. The molecule has 0 bridgehead atoms. The van der Waals surface area contributed by atoms with E-state index in [-0.39, 0.29) is 5.56 Å². The van der Waals surface area contributed by atoms with Gasteiger partial charge in [-0.3, -0.25) is 4.79 Å². The van der Waals surface area contributed by atoms with Crippen LogP contribution < -0.4 is 5.56 Å². The van der Waals surface area contributed by atoms with Crippen molar-refractivity contribution in [3.8, 4) is 0 Å². The summed E-state index contributed by atoms with van der Waals surface area (Å²) in [6.07, 6.45) is 0.925. The number of fused-ring (bicyclic) bond motifs is 1. The molecule has 19 heavy (non-hydrogen) atoms. The van der Waals surface area contributed by atoms with Crippen LogP contribution in [0.1, 0.15) is 12.1 Å². The van der Waals surface area contributed by atoms with Crippen molar-refractivity contribution in [3.05, 3.63) is 39.3 Å². The molecule has 0 aliphatic heterocycles. The lowest BCUT2D eigenvalue weighted by Crippen LogP contribution is -2.26. The molecule has 0 saturated heterocycles. The van der Waals surface area contributed by atoms with Gasteiger partial charge in [0.15, 0.2) is 0 Å². The van der Waals surface area contributed by atoms with Gasteiger partial charge in [0.05, 0.1) is 11.0 Å². The van der Waals surface area contributed by atoms with Crippen molar-refractivity contribution >= 4 is 22.6 Å². The van der Waals surface area contributed by atoms with E-state index in [0.717, 1.165) is 24.0 Å². The molecular formula is C14H18ClN3O. The van der Waals surface area contributed by atoms with Crippen LogP contribution in [0, 0.1) is 6.92 Å². The van der Waals surface area contributed by atoms with E-state index in [9.17, 15) is 4.79 Å². The zero-order valence-corrected chi connectivity index (χ0v) is 12.2. The highest BCUT2D eigenvalue weighted by atomic mass is 35.5. The van der Waals surface area contributed by atoms with Gasteiger partial charge in [-0.15, -0.1) is 0 Å². The van der Waals surface area contributed by atoms with Crippen LogP contribution in [0.3, 0.4) is 0 Å². The first-order chi connectivity index (χ1) is 8.99. The third-order valence-electron chi connectivity index (χ3n) is 3.06. The van der Waals surface area contributed by atoms with Crippen LogP contribution in [0.5, 0.6) is 0 Å². The molecule has 1 aromatic heterocycles. The normalized spacial score (nSPS) is 11.4. The SMILES string of the molecule is Cc1nc2cc(Cl)ccc2n(CCCN(C)C)c1=O. The van der Waals surface area contributed by atoms with Gasteiger partial charge in [0.2, 0.25) is 0 Å². The van der Waals surface area contributed by atoms with Gasteiger partial charge in [-0.25, -0.2) is 4.98 Å². The predicted molar refractivity (Wildman–Crippen MR) is 78.9 cm³/mol. The lowest BCUT2D eigenvalue weighted by Gasteiger charge is -2.13. The number of aryl methyl sites for hydroxylation is 2. The summed E-state index contributed by atoms with van der Waals surface area (Å²) in [6, 6.07) is 5.45. The molecule has 0 aliphatic carbocycles. The van der Waals surface area contributed by atoms with E-state index in [1.54, 1.807) is 23.6 Å². The van der Waals surface area contributed by atoms with Crippen LogP contribution in [0.25, 0.3) is 11.0 Å². The van der Waals surface area contributed by atoms with E-state index in [4.69, 9.17) is 11.6 Å². The van der Waals surface area contributed by atoms with Gasteiger partial charge in [0.1, 0.15) is 5.69 Å². The van der Waals surface area contributed by atoms with Gasteiger partial charge in [-0.1, -0.05) is 11.6 Å². The second-order valence-corrected chi connectivity index (χ2v) is 5.38. The molecule has 0 atom stereocenters. The summed E-state index contributed by atoms with van der Waals surface area (Å²) in [5.74, 6) is 0. The molecule has 0 amide bonds. The molecule has 1 heterocycles. The Morgan fingerprint density at radius 3 is 2.79 bits per heavy atom. The van der Waals surface area contributed by atoms with Crippen LogP contribution >= 0.6 is 11.6 Å². The molecule has 0 aliphatic rings. The molecule has 4 nitrogen and oxygen atoms in total. The van der Waals surface area contributed by atoms with Crippen molar-refractivity contribution in [3.63, 3.8) is 0 Å². The highest BCUT2D eigenvalue weighted by Gasteiger charge is 2.08. The van der Waals surface area contributed by atoms with E-state index >= 15 is 0 Å². The molecular weight excluding hydrogens is 262 g/mol. The van der Waals surface area contributed by atoms with E-state index in [2.05, 4.69) is 9.88 Å². The van der Waals surface area contributed by atoms with E-state index < -0.39 is 0 Å². The highest BCUT2D eigenvalue weighted by molar-refractivity contribution is 6.31. The Kier molecular flexibility index (Phi) is 4.22. The summed E-state index contributed by atoms with van der Waals surface area (Å²) < 4.78 is 1.79. The number of hydrogen-bond acceptors (Lipinski definition) is 3. The molecule has 0 radical (unpaired) electrons. The van der Waals surface area contributed by atoms with Crippen LogP contribution in [-0.2, 0) is 6.54 Å². The lowest BCUT2D eigenvalue weighted by molar-refractivity contribution is 0.386. The fourth-order valence-corrected chi connectivity index (χ4v) is 2.28. The zero-order valence-electron chi connectivity index (χ0n) is 11.5. The van der Waals surface area contributed by atoms with Gasteiger partial charge in [-0.05, 0) is 52.2 Å². The molecule has 2 rings (SSSR count). The van der Waals surface area contributed by atoms with Crippen molar-refractivity contribution in [2.24, 2.45) is 0 Å². The monoisotopic (exact) mass is 279 g/mol. The largest absolute Gasteiger partial charge is 0.309 e. The standard InChI is InChI=1S/C14H18ClN3O/c1-10-14(19)18(8-4-7-17(2)3)13-6-5-11(15)9-12(13)16-10/h5-6,9H,4,7-8H2,1-3H3. The number of rotatable bonds is 4. The van der Waals surface area contributed by atoms with Gasteiger partial charge in [-0.2, -0.15) is 0 Å². The Morgan fingerprint density at radius 2 is 2.11 bits per heavy atom. The molecule has 0 fully saturated rings. The van der Waals surface area contributed by atoms with Crippen LogP contribution in [0.15, 0.2) is 23.0 Å². The topological polar surface area (TPSA) is 38.1 Å². The summed E-state index contributed by atoms with van der Waals surface area (Å²) >= 11 is 5.98. The molecule has 0 N–H and O–H groups in total. The number of nitrogens with zero attached hydrogens (tertiary/aromatic N) is 3. The molecule has 2 aromatic rings. The van der Waals surface area contributed by atoms with Crippen LogP contribution in [-0.4, -0.2) is 35.1 Å². The first kappa shape index (κ1) is 14.0. The lowest BCUT2D eigenvalue weighted by atomic mass is 10.2. The van der Waals surface area contributed by atoms with E-state index in [1.807, 2.05) is 20.2 Å². The predicted octanol–water partition coefficient (Wildman–Crippen LogP) is 2.31. The van der Waals surface area contributed by atoms with Crippen molar-refractivity contribution in [1.82, 2.24) is 14.5 Å². The van der Waals surface area contributed by atoms with Crippen molar-refractivity contribution < 1.29 is 0 Å². The van der Waals surface area contributed by atoms with Crippen LogP contribution in [0.2, 0.25) is 5.02 Å². The second kappa shape index (κ2) is 5.72. The molecule has 0 saturated carbocycles. The van der Waals surface area contributed by atoms with Crippen molar-refractivity contribution in [2.75, 3.05) is 20.6 Å². The number of halogens is 1. The highest BCUT2D eigenvalue weighted by Crippen LogP contribution is 2.17. The van der Waals surface area contributed by atoms with Gasteiger partial charge in [0, 0.05) is 11.6 Å². The summed E-state index contributed by atoms with van der Waals surface area (Å²) in [4.78, 5) is 18.6. The molecule has 5 heteroatoms. The Bertz CT molecular complexity index is 649. The summed E-state index contributed by atoms with van der Waals surface area (Å²) in [5.41, 5.74) is 2.11. The Hall–Kier alpha value is -1.39. The minimum Gasteiger partial charge on any atom is -0.309 e. The maximum Gasteiger partial charge on any atom is 0.272 e. The zero-order chi connectivity index (χ0) is 14.0. The smallest absolute Gasteiger partial charge is 0.272 e. The quantitative estimate of drug-likeness (QED) is 0.862. The Balaban J connectivity index is 2.45. The van der Waals surface area contributed by atoms with E-state index in [0.29, 0.717) is 17.3 Å². The fourth-order valence-electron chi connectivity index (χ4n) is 2.11. The third kappa shape index (κ3) is 3.14. The van der Waals surface area contributed by atoms with Crippen molar-refractivity contribution in [1.29, 1.82) is 0 Å². The van der Waals surface area contributed by atoms with Gasteiger partial charge in [0.25, 0.3) is 5.56 Å². The number of hydrogen-bond donors (Lipinski definition) is 0. The van der Waals surface area contributed by atoms with Gasteiger partial charge < -0.3 is 9.47 Å². The average molecular weight is 280 g/mol. The summed E-state index contributed by atoms with van der Waals surface area (Å²) in [5, 5.41) is 0.637. The van der Waals surface area contributed by atoms with E-state index in [1.165, 1.54) is 0 Å². The molecule has 0 spiro atoms. The second-order valence-electron chi connectivity index (χ2n) is 4.94. The van der Waals surface area contributed by atoms with Gasteiger partial charge >= 0.3 is 0 Å². The summed E-state index contributed by atoms with van der Waals surface area (Å²) in [7, 11) is 4.05. The number of aromatic nitrogens is 2.